The van der Waals surface area contributed by atoms with Crippen molar-refractivity contribution in [3.8, 4) is 0 Å². The van der Waals surface area contributed by atoms with E-state index in [1.165, 1.54) is 19.3 Å². The molecule has 0 radical (unpaired) electrons. The highest BCUT2D eigenvalue weighted by molar-refractivity contribution is 6.31. The quantitative estimate of drug-likeness (QED) is 0.781. The topological polar surface area (TPSA) is 35.2 Å². The van der Waals surface area contributed by atoms with Crippen molar-refractivity contribution in [1.82, 2.24) is 0 Å². The Labute approximate surface area is 89.0 Å². The lowest BCUT2D eigenvalue weighted by molar-refractivity contribution is -0.00837. The highest BCUT2D eigenvalue weighted by Crippen LogP contribution is 2.27. The first-order chi connectivity index (χ1) is 6.77. The first-order valence-electron chi connectivity index (χ1n) is 4.92. The van der Waals surface area contributed by atoms with E-state index in [0.717, 1.165) is 11.3 Å². The molecule has 0 bridgehead atoms. The first-order valence-corrected chi connectivity index (χ1v) is 5.29. The summed E-state index contributed by atoms with van der Waals surface area (Å²) >= 11 is 6.01. The Hall–Kier alpha value is -0.730. The monoisotopic (exact) mass is 211 g/mol. The zero-order chi connectivity index (χ0) is 9.97. The molecule has 2 N–H and O–H groups in total. The number of hydrogen-bond donors (Lipinski definition) is 1. The Morgan fingerprint density at radius 2 is 2.21 bits per heavy atom. The van der Waals surface area contributed by atoms with Crippen molar-refractivity contribution in [2.75, 3.05) is 5.73 Å². The molecule has 0 unspecified atom stereocenters. The molecule has 3 heteroatoms. The average molecular weight is 212 g/mol. The second-order valence-corrected chi connectivity index (χ2v) is 4.08. The third kappa shape index (κ3) is 2.02. The molecule has 0 atom stereocenters. The predicted octanol–water partition coefficient (Wildman–Crippen LogP) is 2.99. The molecule has 1 saturated carbocycles. The molecular formula is C11H14ClNO. The maximum atomic E-state index is 6.01. The van der Waals surface area contributed by atoms with E-state index in [2.05, 4.69) is 0 Å². The highest BCUT2D eigenvalue weighted by Gasteiger charge is 2.18. The van der Waals surface area contributed by atoms with Crippen molar-refractivity contribution in [1.29, 1.82) is 0 Å². The van der Waals surface area contributed by atoms with E-state index in [1.54, 1.807) is 0 Å². The molecule has 0 amide bonds. The molecule has 2 rings (SSSR count). The number of rotatable bonds is 3. The maximum absolute atomic E-state index is 6.01. The summed E-state index contributed by atoms with van der Waals surface area (Å²) < 4.78 is 5.66. The Morgan fingerprint density at radius 1 is 1.43 bits per heavy atom. The Kier molecular flexibility index (Phi) is 2.94. The first kappa shape index (κ1) is 9.81. The summed E-state index contributed by atoms with van der Waals surface area (Å²) in [5, 5.41) is 0.698. The third-order valence-electron chi connectivity index (χ3n) is 2.67. The fraction of sp³-hybridized carbons (Fsp3) is 0.455. The van der Waals surface area contributed by atoms with E-state index in [9.17, 15) is 0 Å². The largest absolute Gasteiger partial charge is 0.398 e. The fourth-order valence-corrected chi connectivity index (χ4v) is 1.70. The van der Waals surface area contributed by atoms with Crippen LogP contribution in [0, 0.1) is 0 Å². The van der Waals surface area contributed by atoms with Gasteiger partial charge in [0, 0.05) is 16.3 Å². The van der Waals surface area contributed by atoms with Gasteiger partial charge in [0.25, 0.3) is 0 Å². The van der Waals surface area contributed by atoms with Gasteiger partial charge in [-0.1, -0.05) is 17.7 Å². The SMILES string of the molecule is Nc1cccc(Cl)c1COC1CCC1. The van der Waals surface area contributed by atoms with Gasteiger partial charge in [0.05, 0.1) is 12.7 Å². The zero-order valence-electron chi connectivity index (χ0n) is 8.00. The molecule has 1 aromatic carbocycles. The molecule has 0 spiro atoms. The van der Waals surface area contributed by atoms with Crippen LogP contribution in [-0.2, 0) is 11.3 Å². The minimum absolute atomic E-state index is 0.422. The number of nitrogen functional groups attached to an aromatic ring is 1. The number of hydrogen-bond acceptors (Lipinski definition) is 2. The van der Waals surface area contributed by atoms with Gasteiger partial charge in [0.2, 0.25) is 0 Å². The molecule has 0 aliphatic heterocycles. The number of anilines is 1. The van der Waals surface area contributed by atoms with E-state index in [4.69, 9.17) is 22.1 Å². The van der Waals surface area contributed by atoms with Gasteiger partial charge < -0.3 is 10.5 Å². The third-order valence-corrected chi connectivity index (χ3v) is 3.02. The van der Waals surface area contributed by atoms with Gasteiger partial charge in [0.1, 0.15) is 0 Å². The maximum Gasteiger partial charge on any atom is 0.0755 e. The van der Waals surface area contributed by atoms with E-state index < -0.39 is 0 Å². The van der Waals surface area contributed by atoms with Crippen LogP contribution >= 0.6 is 11.6 Å². The van der Waals surface area contributed by atoms with Gasteiger partial charge in [-0.3, -0.25) is 0 Å². The van der Waals surface area contributed by atoms with Crippen molar-refractivity contribution < 1.29 is 4.74 Å². The molecule has 1 aliphatic carbocycles. The lowest BCUT2D eigenvalue weighted by atomic mass is 9.96. The van der Waals surface area contributed by atoms with Crippen LogP contribution in [0.25, 0.3) is 0 Å². The molecule has 76 valence electrons. The fourth-order valence-electron chi connectivity index (χ4n) is 1.47. The number of halogens is 1. The van der Waals surface area contributed by atoms with Gasteiger partial charge in [-0.15, -0.1) is 0 Å². The van der Waals surface area contributed by atoms with Gasteiger partial charge in [-0.25, -0.2) is 0 Å². The van der Waals surface area contributed by atoms with Crippen LogP contribution in [0.1, 0.15) is 24.8 Å². The average Bonchev–Trinajstić information content (AvgIpc) is 2.07. The van der Waals surface area contributed by atoms with Crippen LogP contribution in [0.2, 0.25) is 5.02 Å². The Balaban J connectivity index is 2.00. The molecule has 0 aromatic heterocycles. The lowest BCUT2D eigenvalue weighted by Crippen LogP contribution is -2.21. The summed E-state index contributed by atoms with van der Waals surface area (Å²) in [7, 11) is 0. The number of nitrogens with two attached hydrogens (primary N) is 1. The number of ether oxygens (including phenoxy) is 1. The van der Waals surface area contributed by atoms with Gasteiger partial charge in [-0.2, -0.15) is 0 Å². The summed E-state index contributed by atoms with van der Waals surface area (Å²) in [4.78, 5) is 0. The van der Waals surface area contributed by atoms with Crippen LogP contribution in [0.5, 0.6) is 0 Å². The highest BCUT2D eigenvalue weighted by atomic mass is 35.5. The van der Waals surface area contributed by atoms with Crippen LogP contribution in [0.3, 0.4) is 0 Å². The Bertz CT molecular complexity index is 303. The number of benzene rings is 1. The molecule has 0 saturated heterocycles. The molecule has 2 nitrogen and oxygen atoms in total. The van der Waals surface area contributed by atoms with E-state index >= 15 is 0 Å². The normalized spacial score (nSPS) is 16.6. The second kappa shape index (κ2) is 4.20. The van der Waals surface area contributed by atoms with E-state index in [1.807, 2.05) is 18.2 Å². The molecule has 1 fully saturated rings. The molecule has 0 heterocycles. The van der Waals surface area contributed by atoms with Crippen LogP contribution in [0.15, 0.2) is 18.2 Å². The van der Waals surface area contributed by atoms with Crippen molar-refractivity contribution in [3.05, 3.63) is 28.8 Å². The van der Waals surface area contributed by atoms with Crippen molar-refractivity contribution in [3.63, 3.8) is 0 Å². The van der Waals surface area contributed by atoms with Crippen molar-refractivity contribution in [2.24, 2.45) is 0 Å². The van der Waals surface area contributed by atoms with Gasteiger partial charge >= 0.3 is 0 Å². The summed E-state index contributed by atoms with van der Waals surface area (Å²) in [5.74, 6) is 0. The van der Waals surface area contributed by atoms with E-state index in [-0.39, 0.29) is 0 Å². The molecule has 1 aliphatic rings. The summed E-state index contributed by atoms with van der Waals surface area (Å²) in [6, 6.07) is 5.55. The van der Waals surface area contributed by atoms with Crippen molar-refractivity contribution >= 4 is 17.3 Å². The van der Waals surface area contributed by atoms with Crippen LogP contribution in [-0.4, -0.2) is 6.10 Å². The molecular weight excluding hydrogens is 198 g/mol. The summed E-state index contributed by atoms with van der Waals surface area (Å²) in [6.45, 7) is 0.538. The Morgan fingerprint density at radius 3 is 2.79 bits per heavy atom. The summed E-state index contributed by atoms with van der Waals surface area (Å²) in [6.07, 6.45) is 4.04. The van der Waals surface area contributed by atoms with Crippen LogP contribution in [0.4, 0.5) is 5.69 Å². The standard InChI is InChI=1S/C11H14ClNO/c12-10-5-2-6-11(13)9(10)7-14-8-3-1-4-8/h2,5-6,8H,1,3-4,7,13H2. The van der Waals surface area contributed by atoms with Gasteiger partial charge in [0.15, 0.2) is 0 Å². The van der Waals surface area contributed by atoms with E-state index in [0.29, 0.717) is 17.7 Å². The van der Waals surface area contributed by atoms with Crippen molar-refractivity contribution in [2.45, 2.75) is 32.0 Å². The lowest BCUT2D eigenvalue weighted by Gasteiger charge is -2.25. The smallest absolute Gasteiger partial charge is 0.0755 e. The predicted molar refractivity (Wildman–Crippen MR) is 58.3 cm³/mol. The molecule has 14 heavy (non-hydrogen) atoms. The van der Waals surface area contributed by atoms with Crippen LogP contribution < -0.4 is 5.73 Å². The second-order valence-electron chi connectivity index (χ2n) is 3.67. The minimum atomic E-state index is 0.422. The molecule has 1 aromatic rings. The zero-order valence-corrected chi connectivity index (χ0v) is 8.76. The summed E-state index contributed by atoms with van der Waals surface area (Å²) in [5.41, 5.74) is 7.44. The van der Waals surface area contributed by atoms with Gasteiger partial charge in [-0.05, 0) is 31.4 Å². The minimum Gasteiger partial charge on any atom is -0.398 e.